The standard InChI is InChI=1S/C25H22ClNO4.2H2/c1-15-3-7-18(14-20(15)16-4-10-22(26)21(13-16)23(28)29)27-24(30)25(11-12-25)17-5-8-19(31-2)9-6-17;;/h3-10,13-14H,11-12H2,1-2H3,(H,27,30)(H,28,29);2*1H. The Bertz CT molecular complexity index is 1180. The van der Waals surface area contributed by atoms with Gasteiger partial charge in [-0.25, -0.2) is 4.79 Å². The maximum Gasteiger partial charge on any atom is 0.337 e. The van der Waals surface area contributed by atoms with E-state index in [-0.39, 0.29) is 19.3 Å². The number of nitrogens with one attached hydrogen (secondary N) is 1. The minimum Gasteiger partial charge on any atom is -0.497 e. The van der Waals surface area contributed by atoms with Crippen LogP contribution in [0.4, 0.5) is 5.69 Å². The van der Waals surface area contributed by atoms with Crippen LogP contribution in [0.1, 0.15) is 37.2 Å². The van der Waals surface area contributed by atoms with Gasteiger partial charge in [0.1, 0.15) is 5.75 Å². The van der Waals surface area contributed by atoms with Gasteiger partial charge >= 0.3 is 5.97 Å². The van der Waals surface area contributed by atoms with Crippen molar-refractivity contribution >= 4 is 29.2 Å². The van der Waals surface area contributed by atoms with Gasteiger partial charge in [0.15, 0.2) is 0 Å². The first-order chi connectivity index (χ1) is 14.8. The van der Waals surface area contributed by atoms with E-state index in [1.807, 2.05) is 49.4 Å². The number of ether oxygens (including phenoxy) is 1. The van der Waals surface area contributed by atoms with Crippen molar-refractivity contribution in [1.29, 1.82) is 0 Å². The summed E-state index contributed by atoms with van der Waals surface area (Å²) in [4.78, 5) is 24.6. The second kappa shape index (κ2) is 8.08. The molecule has 0 saturated heterocycles. The van der Waals surface area contributed by atoms with Crippen LogP contribution in [-0.2, 0) is 10.2 Å². The molecule has 4 rings (SSSR count). The van der Waals surface area contributed by atoms with Crippen molar-refractivity contribution in [2.45, 2.75) is 25.2 Å². The summed E-state index contributed by atoms with van der Waals surface area (Å²) >= 11 is 6.01. The lowest BCUT2D eigenvalue weighted by molar-refractivity contribution is -0.118. The molecule has 31 heavy (non-hydrogen) atoms. The van der Waals surface area contributed by atoms with E-state index < -0.39 is 11.4 Å². The Hall–Kier alpha value is -3.31. The minimum atomic E-state index is -1.08. The summed E-state index contributed by atoms with van der Waals surface area (Å²) in [5.41, 5.74) is 3.70. The molecule has 0 spiro atoms. The fourth-order valence-electron chi connectivity index (χ4n) is 3.80. The third-order valence-corrected chi connectivity index (χ3v) is 6.16. The van der Waals surface area contributed by atoms with Gasteiger partial charge in [0, 0.05) is 8.54 Å². The van der Waals surface area contributed by atoms with Crippen LogP contribution >= 0.6 is 11.6 Å². The summed E-state index contributed by atoms with van der Waals surface area (Å²) in [5.74, 6) is -0.370. The van der Waals surface area contributed by atoms with Gasteiger partial charge in [-0.3, -0.25) is 4.79 Å². The zero-order valence-electron chi connectivity index (χ0n) is 17.2. The third-order valence-electron chi connectivity index (χ3n) is 5.83. The quantitative estimate of drug-likeness (QED) is 0.480. The number of amides is 1. The zero-order chi connectivity index (χ0) is 22.2. The first-order valence-corrected chi connectivity index (χ1v) is 10.3. The van der Waals surface area contributed by atoms with Crippen LogP contribution in [0.3, 0.4) is 0 Å². The molecule has 0 aliphatic heterocycles. The third kappa shape index (κ3) is 4.01. The molecule has 0 bridgehead atoms. The van der Waals surface area contributed by atoms with Gasteiger partial charge in [0.25, 0.3) is 0 Å². The van der Waals surface area contributed by atoms with Gasteiger partial charge in [-0.15, -0.1) is 0 Å². The van der Waals surface area contributed by atoms with Crippen molar-refractivity contribution < 1.29 is 22.3 Å². The molecule has 2 N–H and O–H groups in total. The molecule has 5 nitrogen and oxygen atoms in total. The van der Waals surface area contributed by atoms with Gasteiger partial charge in [-0.1, -0.05) is 35.9 Å². The number of methoxy groups -OCH3 is 1. The summed E-state index contributed by atoms with van der Waals surface area (Å²) in [6.07, 6.45) is 1.59. The van der Waals surface area contributed by atoms with E-state index in [2.05, 4.69) is 5.32 Å². The Kier molecular flexibility index (Phi) is 5.46. The van der Waals surface area contributed by atoms with Gasteiger partial charge in [0.05, 0.1) is 23.1 Å². The summed E-state index contributed by atoms with van der Waals surface area (Å²) < 4.78 is 5.21. The molecule has 0 radical (unpaired) electrons. The second-order valence-corrected chi connectivity index (χ2v) is 8.20. The molecule has 3 aromatic rings. The fraction of sp³-hybridized carbons (Fsp3) is 0.200. The van der Waals surface area contributed by atoms with Crippen LogP contribution in [-0.4, -0.2) is 24.1 Å². The first-order valence-electron chi connectivity index (χ1n) is 9.94. The molecule has 1 amide bonds. The molecule has 1 saturated carbocycles. The monoisotopic (exact) mass is 439 g/mol. The van der Waals surface area contributed by atoms with Gasteiger partial charge in [0.2, 0.25) is 5.91 Å². The molecule has 0 unspecified atom stereocenters. The highest BCUT2D eigenvalue weighted by atomic mass is 35.5. The first kappa shape index (κ1) is 20.9. The fourth-order valence-corrected chi connectivity index (χ4v) is 4.00. The number of carboxylic acids is 1. The number of carbonyl (C=O) groups is 2. The molecule has 0 atom stereocenters. The number of hydrogen-bond acceptors (Lipinski definition) is 3. The van der Waals surface area contributed by atoms with Crippen LogP contribution in [0.2, 0.25) is 5.02 Å². The highest BCUT2D eigenvalue weighted by Gasteiger charge is 2.51. The Morgan fingerprint density at radius 3 is 2.39 bits per heavy atom. The van der Waals surface area contributed by atoms with Crippen LogP contribution < -0.4 is 10.1 Å². The minimum absolute atomic E-state index is 0. The van der Waals surface area contributed by atoms with E-state index >= 15 is 0 Å². The Balaban J connectivity index is 0.00000193. The van der Waals surface area contributed by atoms with E-state index in [1.165, 1.54) is 0 Å². The van der Waals surface area contributed by atoms with Crippen molar-refractivity contribution in [3.8, 4) is 16.9 Å². The molecule has 1 aliphatic carbocycles. The van der Waals surface area contributed by atoms with Crippen LogP contribution in [0.25, 0.3) is 11.1 Å². The summed E-state index contributed by atoms with van der Waals surface area (Å²) in [5, 5.41) is 12.6. The molecule has 162 valence electrons. The average Bonchev–Trinajstić information content (AvgIpc) is 3.57. The summed E-state index contributed by atoms with van der Waals surface area (Å²) in [6, 6.07) is 18.2. The number of rotatable bonds is 6. The number of hydrogen-bond donors (Lipinski definition) is 2. The predicted octanol–water partition coefficient (Wildman–Crippen LogP) is 6.18. The van der Waals surface area contributed by atoms with Crippen LogP contribution in [0.5, 0.6) is 5.75 Å². The molecule has 0 heterocycles. The lowest BCUT2D eigenvalue weighted by Gasteiger charge is -2.17. The lowest BCUT2D eigenvalue weighted by atomic mass is 9.94. The maximum absolute atomic E-state index is 13.1. The molecule has 1 aliphatic rings. The highest BCUT2D eigenvalue weighted by Crippen LogP contribution is 2.49. The second-order valence-electron chi connectivity index (χ2n) is 7.79. The van der Waals surface area contributed by atoms with E-state index in [1.54, 1.807) is 25.3 Å². The molecule has 6 heteroatoms. The largest absolute Gasteiger partial charge is 0.497 e. The lowest BCUT2D eigenvalue weighted by Crippen LogP contribution is -2.27. The SMILES string of the molecule is COc1ccc(C2(C(=O)Nc3ccc(C)c(-c4ccc(Cl)c(C(=O)O)c4)c3)CC2)cc1.[HH].[HH]. The normalized spacial score (nSPS) is 14.0. The summed E-state index contributed by atoms with van der Waals surface area (Å²) in [7, 11) is 1.61. The summed E-state index contributed by atoms with van der Waals surface area (Å²) in [6.45, 7) is 1.94. The predicted molar refractivity (Wildman–Crippen MR) is 125 cm³/mol. The van der Waals surface area contributed by atoms with Crippen molar-refractivity contribution in [1.82, 2.24) is 0 Å². The number of anilines is 1. The van der Waals surface area contributed by atoms with Crippen molar-refractivity contribution in [2.75, 3.05) is 12.4 Å². The molecule has 3 aromatic carbocycles. The van der Waals surface area contributed by atoms with Crippen molar-refractivity contribution in [3.63, 3.8) is 0 Å². The highest BCUT2D eigenvalue weighted by molar-refractivity contribution is 6.33. The van der Waals surface area contributed by atoms with Crippen molar-refractivity contribution in [2.24, 2.45) is 0 Å². The van der Waals surface area contributed by atoms with E-state index in [0.29, 0.717) is 5.69 Å². The van der Waals surface area contributed by atoms with E-state index in [4.69, 9.17) is 16.3 Å². The molecular formula is C25H26ClNO4. The van der Waals surface area contributed by atoms with Crippen molar-refractivity contribution in [3.05, 3.63) is 82.4 Å². The number of carboxylic acid groups (broad SMARTS) is 1. The average molecular weight is 440 g/mol. The smallest absolute Gasteiger partial charge is 0.337 e. The Morgan fingerprint density at radius 1 is 1.06 bits per heavy atom. The molecule has 0 aromatic heterocycles. The van der Waals surface area contributed by atoms with Gasteiger partial charge in [-0.05, 0) is 78.4 Å². The van der Waals surface area contributed by atoms with E-state index in [0.717, 1.165) is 40.8 Å². The maximum atomic E-state index is 13.1. The zero-order valence-corrected chi connectivity index (χ0v) is 18.0. The Labute approximate surface area is 188 Å². The number of carbonyl (C=O) groups excluding carboxylic acids is 1. The van der Waals surface area contributed by atoms with Crippen LogP contribution in [0, 0.1) is 6.92 Å². The van der Waals surface area contributed by atoms with Gasteiger partial charge in [-0.2, -0.15) is 0 Å². The number of aromatic carboxylic acids is 1. The van der Waals surface area contributed by atoms with Gasteiger partial charge < -0.3 is 15.2 Å². The molecule has 1 fully saturated rings. The number of halogens is 1. The molecular weight excluding hydrogens is 414 g/mol. The number of benzene rings is 3. The topological polar surface area (TPSA) is 75.6 Å². The van der Waals surface area contributed by atoms with E-state index in [9.17, 15) is 14.7 Å². The Morgan fingerprint density at radius 2 is 1.77 bits per heavy atom. The van der Waals surface area contributed by atoms with Crippen LogP contribution in [0.15, 0.2) is 60.7 Å². The number of aryl methyl sites for hydroxylation is 1.